The molecule has 2 heterocycles. The van der Waals surface area contributed by atoms with Crippen molar-refractivity contribution < 1.29 is 13.2 Å². The molecule has 1 aliphatic rings. The van der Waals surface area contributed by atoms with Gasteiger partial charge in [0.2, 0.25) is 6.43 Å². The molecule has 8 heteroatoms. The van der Waals surface area contributed by atoms with E-state index in [0.717, 1.165) is 0 Å². The standard InChI is InChI=1S/C15H14F3N5/c16-5-9(14(17)18)12-13-10(15(20)22-6-21-13)11(23-12)7-1-3-8(19)4-2-7/h1-4,6,9,12,14H,5,19H2,(H2,20,21,22). The van der Waals surface area contributed by atoms with E-state index in [-0.39, 0.29) is 11.5 Å². The number of benzene rings is 1. The monoisotopic (exact) mass is 321 g/mol. The maximum Gasteiger partial charge on any atom is 0.246 e. The fraction of sp³-hybridized carbons (Fsp3) is 0.267. The molecular formula is C15H14F3N5. The Morgan fingerprint density at radius 2 is 1.78 bits per heavy atom. The van der Waals surface area contributed by atoms with E-state index < -0.39 is 25.1 Å². The molecular weight excluding hydrogens is 307 g/mol. The first kappa shape index (κ1) is 15.3. The SMILES string of the molecule is Nc1ccc(C2=NC(C(CF)C(F)F)c3ncnc(N)c32)cc1. The van der Waals surface area contributed by atoms with E-state index in [2.05, 4.69) is 15.0 Å². The molecule has 0 saturated carbocycles. The van der Waals surface area contributed by atoms with Gasteiger partial charge in [0.15, 0.2) is 0 Å². The summed E-state index contributed by atoms with van der Waals surface area (Å²) in [5.74, 6) is -1.45. The average molecular weight is 321 g/mol. The van der Waals surface area contributed by atoms with Crippen LogP contribution in [0.3, 0.4) is 0 Å². The van der Waals surface area contributed by atoms with Gasteiger partial charge in [0.05, 0.1) is 22.9 Å². The van der Waals surface area contributed by atoms with Gasteiger partial charge in [-0.2, -0.15) is 0 Å². The number of aliphatic imine (C=N–C) groups is 1. The van der Waals surface area contributed by atoms with E-state index in [1.165, 1.54) is 6.33 Å². The van der Waals surface area contributed by atoms with E-state index in [4.69, 9.17) is 11.5 Å². The predicted octanol–water partition coefficient (Wildman–Crippen LogP) is 2.38. The molecule has 120 valence electrons. The number of hydrogen-bond donors (Lipinski definition) is 2. The Labute approximate surface area is 130 Å². The van der Waals surface area contributed by atoms with E-state index in [1.807, 2.05) is 0 Å². The number of nitrogens with zero attached hydrogens (tertiary/aromatic N) is 3. The highest BCUT2D eigenvalue weighted by Crippen LogP contribution is 2.39. The van der Waals surface area contributed by atoms with Crippen LogP contribution in [0, 0.1) is 5.92 Å². The Hall–Kier alpha value is -2.64. The third-order valence-electron chi connectivity index (χ3n) is 3.78. The lowest BCUT2D eigenvalue weighted by atomic mass is 9.96. The van der Waals surface area contributed by atoms with Crippen molar-refractivity contribution >= 4 is 17.2 Å². The largest absolute Gasteiger partial charge is 0.399 e. The third-order valence-corrected chi connectivity index (χ3v) is 3.78. The summed E-state index contributed by atoms with van der Waals surface area (Å²) in [4.78, 5) is 12.2. The van der Waals surface area contributed by atoms with Crippen LogP contribution in [0.1, 0.15) is 22.9 Å². The summed E-state index contributed by atoms with van der Waals surface area (Å²) in [5.41, 5.74) is 13.7. The Bertz CT molecular complexity index is 745. The molecule has 23 heavy (non-hydrogen) atoms. The van der Waals surface area contributed by atoms with E-state index in [9.17, 15) is 13.2 Å². The number of alkyl halides is 3. The first-order chi connectivity index (χ1) is 11.0. The van der Waals surface area contributed by atoms with Gasteiger partial charge in [-0.3, -0.25) is 9.38 Å². The second kappa shape index (κ2) is 5.86. The number of nitrogens with two attached hydrogens (primary N) is 2. The summed E-state index contributed by atoms with van der Waals surface area (Å²) >= 11 is 0. The molecule has 0 bridgehead atoms. The molecule has 0 amide bonds. The predicted molar refractivity (Wildman–Crippen MR) is 81.1 cm³/mol. The normalized spacial score (nSPS) is 17.9. The summed E-state index contributed by atoms with van der Waals surface area (Å²) in [5, 5.41) is 0. The highest BCUT2D eigenvalue weighted by Gasteiger charge is 2.39. The van der Waals surface area contributed by atoms with Crippen molar-refractivity contribution in [3.05, 3.63) is 47.4 Å². The van der Waals surface area contributed by atoms with Crippen molar-refractivity contribution in [2.24, 2.45) is 10.9 Å². The maximum atomic E-state index is 13.1. The average Bonchev–Trinajstić information content (AvgIpc) is 2.89. The van der Waals surface area contributed by atoms with Crippen LogP contribution < -0.4 is 11.5 Å². The van der Waals surface area contributed by atoms with Gasteiger partial charge in [-0.05, 0) is 12.1 Å². The number of halogens is 3. The molecule has 4 N–H and O–H groups in total. The number of aromatic nitrogens is 2. The minimum Gasteiger partial charge on any atom is -0.399 e. The molecule has 1 aliphatic heterocycles. The van der Waals surface area contributed by atoms with E-state index in [0.29, 0.717) is 22.5 Å². The lowest BCUT2D eigenvalue weighted by Crippen LogP contribution is -2.21. The summed E-state index contributed by atoms with van der Waals surface area (Å²) < 4.78 is 39.4. The molecule has 2 unspecified atom stereocenters. The van der Waals surface area contributed by atoms with Gasteiger partial charge in [-0.15, -0.1) is 0 Å². The van der Waals surface area contributed by atoms with Gasteiger partial charge >= 0.3 is 0 Å². The van der Waals surface area contributed by atoms with Gasteiger partial charge < -0.3 is 11.5 Å². The molecule has 1 aromatic carbocycles. The Morgan fingerprint density at radius 3 is 2.39 bits per heavy atom. The van der Waals surface area contributed by atoms with Crippen molar-refractivity contribution in [3.8, 4) is 0 Å². The van der Waals surface area contributed by atoms with Crippen molar-refractivity contribution in [3.63, 3.8) is 0 Å². The van der Waals surface area contributed by atoms with Crippen molar-refractivity contribution in [1.29, 1.82) is 0 Å². The topological polar surface area (TPSA) is 90.2 Å². The van der Waals surface area contributed by atoms with Crippen molar-refractivity contribution in [2.45, 2.75) is 12.5 Å². The zero-order chi connectivity index (χ0) is 16.6. The number of hydrogen-bond acceptors (Lipinski definition) is 5. The van der Waals surface area contributed by atoms with Crippen LogP contribution in [0.25, 0.3) is 0 Å². The number of anilines is 2. The highest BCUT2D eigenvalue weighted by molar-refractivity contribution is 6.17. The van der Waals surface area contributed by atoms with Gasteiger partial charge in [0.1, 0.15) is 24.9 Å². The quantitative estimate of drug-likeness (QED) is 0.846. The summed E-state index contributed by atoms with van der Waals surface area (Å²) in [6.07, 6.45) is -1.69. The van der Waals surface area contributed by atoms with E-state index in [1.54, 1.807) is 24.3 Å². The van der Waals surface area contributed by atoms with Crippen LogP contribution in [-0.4, -0.2) is 28.8 Å². The van der Waals surface area contributed by atoms with Crippen LogP contribution in [-0.2, 0) is 0 Å². The Kier molecular flexibility index (Phi) is 3.89. The van der Waals surface area contributed by atoms with Crippen LogP contribution in [0.4, 0.5) is 24.7 Å². The molecule has 0 spiro atoms. The third kappa shape index (κ3) is 2.60. The first-order valence-electron chi connectivity index (χ1n) is 6.91. The molecule has 1 aromatic heterocycles. The van der Waals surface area contributed by atoms with Crippen LogP contribution >= 0.6 is 0 Å². The van der Waals surface area contributed by atoms with Gasteiger partial charge in [-0.1, -0.05) is 12.1 Å². The first-order valence-corrected chi connectivity index (χ1v) is 6.91. The minimum absolute atomic E-state index is 0.125. The molecule has 0 radical (unpaired) electrons. The molecule has 0 saturated heterocycles. The van der Waals surface area contributed by atoms with Crippen LogP contribution in [0.5, 0.6) is 0 Å². The Morgan fingerprint density at radius 1 is 1.09 bits per heavy atom. The van der Waals surface area contributed by atoms with Crippen LogP contribution in [0.15, 0.2) is 35.6 Å². The second-order valence-corrected chi connectivity index (χ2v) is 5.22. The van der Waals surface area contributed by atoms with Crippen molar-refractivity contribution in [1.82, 2.24) is 9.97 Å². The Balaban J connectivity index is 2.14. The lowest BCUT2D eigenvalue weighted by molar-refractivity contribution is 0.0483. The second-order valence-electron chi connectivity index (χ2n) is 5.22. The minimum atomic E-state index is -2.86. The molecule has 5 nitrogen and oxygen atoms in total. The van der Waals surface area contributed by atoms with Gasteiger partial charge in [0, 0.05) is 11.3 Å². The molecule has 2 aromatic rings. The fourth-order valence-electron chi connectivity index (χ4n) is 2.59. The van der Waals surface area contributed by atoms with Crippen molar-refractivity contribution in [2.75, 3.05) is 18.1 Å². The zero-order valence-electron chi connectivity index (χ0n) is 12.0. The zero-order valence-corrected chi connectivity index (χ0v) is 12.0. The molecule has 0 aliphatic carbocycles. The summed E-state index contributed by atoms with van der Waals surface area (Å²) in [7, 11) is 0. The number of fused-ring (bicyclic) bond motifs is 1. The number of rotatable bonds is 4. The molecule has 0 fully saturated rings. The smallest absolute Gasteiger partial charge is 0.246 e. The van der Waals surface area contributed by atoms with E-state index >= 15 is 0 Å². The maximum absolute atomic E-state index is 13.1. The van der Waals surface area contributed by atoms with Crippen LogP contribution in [0.2, 0.25) is 0 Å². The van der Waals surface area contributed by atoms with Gasteiger partial charge in [0.25, 0.3) is 0 Å². The molecule has 3 rings (SSSR count). The molecule has 2 atom stereocenters. The highest BCUT2D eigenvalue weighted by atomic mass is 19.3. The fourth-order valence-corrected chi connectivity index (χ4v) is 2.59. The van der Waals surface area contributed by atoms with Gasteiger partial charge in [-0.25, -0.2) is 18.7 Å². The lowest BCUT2D eigenvalue weighted by Gasteiger charge is -2.17. The summed E-state index contributed by atoms with van der Waals surface area (Å²) in [6.45, 7) is -1.20. The summed E-state index contributed by atoms with van der Waals surface area (Å²) in [6, 6.07) is 5.61. The number of nitrogen functional groups attached to an aromatic ring is 2.